The maximum Gasteiger partial charge on any atom is 0.274 e. The van der Waals surface area contributed by atoms with Crippen LogP contribution < -0.4 is 0 Å². The summed E-state index contributed by atoms with van der Waals surface area (Å²) in [6.45, 7) is 3.86. The van der Waals surface area contributed by atoms with Gasteiger partial charge in [0.05, 0.1) is 0 Å². The van der Waals surface area contributed by atoms with Gasteiger partial charge in [-0.05, 0) is 37.7 Å². The Balaban J connectivity index is 1.59. The molecule has 1 aliphatic carbocycles. The summed E-state index contributed by atoms with van der Waals surface area (Å²) in [5.41, 5.74) is 3.70. The van der Waals surface area contributed by atoms with Crippen molar-refractivity contribution in [1.29, 1.82) is 0 Å². The Morgan fingerprint density at radius 3 is 2.44 bits per heavy atom. The number of carbonyl (C=O) groups excluding carboxylic acids is 1. The largest absolute Gasteiger partial charge is 0.337 e. The molecule has 0 bridgehead atoms. The number of fused-ring (bicyclic) bond motifs is 1. The molecule has 0 atom stereocenters. The zero-order valence-electron chi connectivity index (χ0n) is 16.6. The highest BCUT2D eigenvalue weighted by Gasteiger charge is 2.22. The lowest BCUT2D eigenvalue weighted by molar-refractivity contribution is 0.0736. The molecule has 2 aromatic heterocycles. The molecule has 5 nitrogen and oxygen atoms in total. The van der Waals surface area contributed by atoms with Crippen LogP contribution in [-0.2, 0) is 12.8 Å². The summed E-state index contributed by atoms with van der Waals surface area (Å²) in [5.74, 6) is 0.844. The summed E-state index contributed by atoms with van der Waals surface area (Å²) in [7, 11) is 0. The lowest BCUT2D eigenvalue weighted by Crippen LogP contribution is -2.34. The lowest BCUT2D eigenvalue weighted by Gasteiger charge is -2.23. The SMILES string of the molecule is CCc1cc(CC2CCCC2)nc2cc(C(=O)N3CCCCCCC3)nn12. The first-order chi connectivity index (χ1) is 13.2. The third-order valence-corrected chi connectivity index (χ3v) is 6.25. The monoisotopic (exact) mass is 368 g/mol. The number of aromatic nitrogens is 3. The van der Waals surface area contributed by atoms with Crippen molar-refractivity contribution in [2.24, 2.45) is 5.92 Å². The average molecular weight is 369 g/mol. The maximum absolute atomic E-state index is 13.0. The number of rotatable bonds is 4. The molecular weight excluding hydrogens is 336 g/mol. The zero-order chi connectivity index (χ0) is 18.6. The van der Waals surface area contributed by atoms with Gasteiger partial charge < -0.3 is 4.90 Å². The average Bonchev–Trinajstić information content (AvgIpc) is 3.30. The number of nitrogens with zero attached hydrogens (tertiary/aromatic N) is 4. The number of hydrogen-bond acceptors (Lipinski definition) is 3. The highest BCUT2D eigenvalue weighted by atomic mass is 16.2. The Hall–Kier alpha value is -1.91. The van der Waals surface area contributed by atoms with Crippen LogP contribution in [0.2, 0.25) is 0 Å². The van der Waals surface area contributed by atoms with Crippen molar-refractivity contribution >= 4 is 11.6 Å². The van der Waals surface area contributed by atoms with Gasteiger partial charge in [-0.2, -0.15) is 5.10 Å². The van der Waals surface area contributed by atoms with E-state index in [-0.39, 0.29) is 5.91 Å². The topological polar surface area (TPSA) is 50.5 Å². The van der Waals surface area contributed by atoms with Crippen LogP contribution in [0.4, 0.5) is 0 Å². The van der Waals surface area contributed by atoms with Gasteiger partial charge in [-0.1, -0.05) is 51.9 Å². The van der Waals surface area contributed by atoms with Gasteiger partial charge in [0.25, 0.3) is 5.91 Å². The fourth-order valence-electron chi connectivity index (χ4n) is 4.68. The fraction of sp³-hybridized carbons (Fsp3) is 0.682. The number of amides is 1. The number of likely N-dealkylation sites (tertiary alicyclic amines) is 1. The van der Waals surface area contributed by atoms with Gasteiger partial charge in [-0.3, -0.25) is 4.79 Å². The van der Waals surface area contributed by atoms with E-state index in [2.05, 4.69) is 18.1 Å². The number of carbonyl (C=O) groups is 1. The molecule has 146 valence electrons. The van der Waals surface area contributed by atoms with Gasteiger partial charge in [-0.15, -0.1) is 0 Å². The first kappa shape index (κ1) is 18.5. The lowest BCUT2D eigenvalue weighted by atomic mass is 10.0. The van der Waals surface area contributed by atoms with Crippen molar-refractivity contribution in [3.8, 4) is 0 Å². The van der Waals surface area contributed by atoms with E-state index in [1.807, 2.05) is 15.5 Å². The molecule has 5 heteroatoms. The van der Waals surface area contributed by atoms with Crippen LogP contribution in [-0.4, -0.2) is 38.5 Å². The van der Waals surface area contributed by atoms with E-state index in [1.165, 1.54) is 44.9 Å². The molecule has 27 heavy (non-hydrogen) atoms. The summed E-state index contributed by atoms with van der Waals surface area (Å²) < 4.78 is 1.88. The quantitative estimate of drug-likeness (QED) is 0.802. The van der Waals surface area contributed by atoms with Crippen molar-refractivity contribution in [2.45, 2.75) is 77.6 Å². The highest BCUT2D eigenvalue weighted by Crippen LogP contribution is 2.28. The summed E-state index contributed by atoms with van der Waals surface area (Å²) >= 11 is 0. The van der Waals surface area contributed by atoms with Gasteiger partial charge in [0.1, 0.15) is 0 Å². The number of hydrogen-bond donors (Lipinski definition) is 0. The van der Waals surface area contributed by atoms with Gasteiger partial charge in [0.2, 0.25) is 0 Å². The molecule has 2 fully saturated rings. The van der Waals surface area contributed by atoms with Crippen LogP contribution in [0.15, 0.2) is 12.1 Å². The molecule has 1 saturated heterocycles. The molecule has 4 rings (SSSR count). The predicted molar refractivity (Wildman–Crippen MR) is 107 cm³/mol. The van der Waals surface area contributed by atoms with E-state index < -0.39 is 0 Å². The molecule has 2 aromatic rings. The molecule has 1 amide bonds. The Labute approximate surface area is 162 Å². The van der Waals surface area contributed by atoms with E-state index >= 15 is 0 Å². The first-order valence-electron chi connectivity index (χ1n) is 10.9. The molecule has 0 aromatic carbocycles. The molecule has 1 aliphatic heterocycles. The van der Waals surface area contributed by atoms with Crippen molar-refractivity contribution in [1.82, 2.24) is 19.5 Å². The van der Waals surface area contributed by atoms with Crippen LogP contribution in [0.5, 0.6) is 0 Å². The van der Waals surface area contributed by atoms with E-state index in [0.717, 1.165) is 61.7 Å². The Morgan fingerprint density at radius 1 is 1.04 bits per heavy atom. The molecule has 2 aliphatic rings. The molecule has 0 spiro atoms. The second-order valence-electron chi connectivity index (χ2n) is 8.31. The Bertz CT molecular complexity index is 783. The zero-order valence-corrected chi connectivity index (χ0v) is 16.6. The van der Waals surface area contributed by atoms with Gasteiger partial charge in [-0.25, -0.2) is 9.50 Å². The standard InChI is InChI=1S/C22H32N4O/c1-2-19-15-18(14-17-10-6-7-11-17)23-21-16-20(24-26(19)21)22(27)25-12-8-4-3-5-9-13-25/h15-17H,2-14H2,1H3. The van der Waals surface area contributed by atoms with Crippen molar-refractivity contribution in [2.75, 3.05) is 13.1 Å². The minimum Gasteiger partial charge on any atom is -0.337 e. The summed E-state index contributed by atoms with van der Waals surface area (Å²) in [5, 5.41) is 4.65. The fourth-order valence-corrected chi connectivity index (χ4v) is 4.68. The molecule has 3 heterocycles. The first-order valence-corrected chi connectivity index (χ1v) is 10.9. The van der Waals surface area contributed by atoms with Crippen LogP contribution in [0.1, 0.15) is 86.6 Å². The summed E-state index contributed by atoms with van der Waals surface area (Å²) in [6, 6.07) is 4.10. The summed E-state index contributed by atoms with van der Waals surface area (Å²) in [4.78, 5) is 19.9. The molecule has 0 N–H and O–H groups in total. The van der Waals surface area contributed by atoms with E-state index in [1.54, 1.807) is 0 Å². The van der Waals surface area contributed by atoms with E-state index in [0.29, 0.717) is 5.69 Å². The van der Waals surface area contributed by atoms with Crippen molar-refractivity contribution in [3.63, 3.8) is 0 Å². The Kier molecular flexibility index (Phi) is 5.74. The van der Waals surface area contributed by atoms with Crippen LogP contribution in [0.3, 0.4) is 0 Å². The normalized spacial score (nSPS) is 19.4. The maximum atomic E-state index is 13.0. The number of aryl methyl sites for hydroxylation is 1. The highest BCUT2D eigenvalue weighted by molar-refractivity contribution is 5.93. The smallest absolute Gasteiger partial charge is 0.274 e. The van der Waals surface area contributed by atoms with Crippen LogP contribution >= 0.6 is 0 Å². The van der Waals surface area contributed by atoms with E-state index in [4.69, 9.17) is 4.98 Å². The second-order valence-corrected chi connectivity index (χ2v) is 8.31. The third kappa shape index (κ3) is 4.17. The molecular formula is C22H32N4O. The third-order valence-electron chi connectivity index (χ3n) is 6.25. The van der Waals surface area contributed by atoms with Crippen molar-refractivity contribution in [3.05, 3.63) is 29.2 Å². The van der Waals surface area contributed by atoms with Crippen molar-refractivity contribution < 1.29 is 4.79 Å². The molecule has 0 radical (unpaired) electrons. The van der Waals surface area contributed by atoms with Crippen LogP contribution in [0, 0.1) is 5.92 Å². The van der Waals surface area contributed by atoms with Gasteiger partial charge in [0, 0.05) is 30.5 Å². The predicted octanol–water partition coefficient (Wildman–Crippen LogP) is 4.43. The molecule has 1 saturated carbocycles. The summed E-state index contributed by atoms with van der Waals surface area (Å²) in [6.07, 6.45) is 13.3. The minimum absolute atomic E-state index is 0.0711. The molecule has 0 unspecified atom stereocenters. The minimum atomic E-state index is 0.0711. The van der Waals surface area contributed by atoms with Gasteiger partial charge in [0.15, 0.2) is 11.3 Å². The van der Waals surface area contributed by atoms with E-state index in [9.17, 15) is 4.79 Å². The Morgan fingerprint density at radius 2 is 1.74 bits per heavy atom. The van der Waals surface area contributed by atoms with Gasteiger partial charge >= 0.3 is 0 Å². The van der Waals surface area contributed by atoms with Crippen LogP contribution in [0.25, 0.3) is 5.65 Å². The second kappa shape index (κ2) is 8.41.